The number of nitrogens with zero attached hydrogens (tertiary/aromatic N) is 1. The molecule has 0 aromatic carbocycles. The lowest BCUT2D eigenvalue weighted by Crippen LogP contribution is -2.63. The monoisotopic (exact) mass is 242 g/mol. The number of nitrogens with one attached hydrogen (secondary N) is 1. The SMILES string of the molecule is CC1C(=O)NC(C2CC2)C(=O)N1C/C=C/Cl. The van der Waals surface area contributed by atoms with E-state index >= 15 is 0 Å². The van der Waals surface area contributed by atoms with Crippen molar-refractivity contribution in [3.8, 4) is 0 Å². The molecule has 2 aliphatic rings. The van der Waals surface area contributed by atoms with Crippen molar-refractivity contribution in [2.24, 2.45) is 5.92 Å². The second-order valence-electron chi connectivity index (χ2n) is 4.35. The maximum absolute atomic E-state index is 12.1. The number of piperazine rings is 1. The fraction of sp³-hybridized carbons (Fsp3) is 0.636. The van der Waals surface area contributed by atoms with Crippen molar-refractivity contribution in [1.82, 2.24) is 10.2 Å². The van der Waals surface area contributed by atoms with Crippen molar-refractivity contribution < 1.29 is 9.59 Å². The molecular formula is C11H15ClN2O2. The largest absolute Gasteiger partial charge is 0.342 e. The van der Waals surface area contributed by atoms with Gasteiger partial charge in [0.05, 0.1) is 0 Å². The molecule has 1 N–H and O–H groups in total. The topological polar surface area (TPSA) is 49.4 Å². The quantitative estimate of drug-likeness (QED) is 0.798. The van der Waals surface area contributed by atoms with Gasteiger partial charge < -0.3 is 10.2 Å². The van der Waals surface area contributed by atoms with E-state index in [4.69, 9.17) is 11.6 Å². The minimum absolute atomic E-state index is 0.0179. The van der Waals surface area contributed by atoms with Crippen LogP contribution in [0.1, 0.15) is 19.8 Å². The van der Waals surface area contributed by atoms with Crippen molar-refractivity contribution in [2.75, 3.05) is 6.54 Å². The maximum Gasteiger partial charge on any atom is 0.246 e. The van der Waals surface area contributed by atoms with Gasteiger partial charge >= 0.3 is 0 Å². The standard InChI is InChI=1S/C11H15ClN2O2/c1-7-10(15)13-9(8-3-4-8)11(16)14(7)6-2-5-12/h2,5,7-9H,3-4,6H2,1H3,(H,13,15)/b5-2+. The smallest absolute Gasteiger partial charge is 0.246 e. The molecule has 2 atom stereocenters. The van der Waals surface area contributed by atoms with Crippen LogP contribution < -0.4 is 5.32 Å². The molecule has 0 bridgehead atoms. The second-order valence-corrected chi connectivity index (χ2v) is 4.60. The van der Waals surface area contributed by atoms with Crippen LogP contribution in [-0.2, 0) is 9.59 Å². The number of carbonyl (C=O) groups excluding carboxylic acids is 2. The molecule has 1 saturated heterocycles. The summed E-state index contributed by atoms with van der Waals surface area (Å²) in [5, 5.41) is 2.80. The summed E-state index contributed by atoms with van der Waals surface area (Å²) < 4.78 is 0. The fourth-order valence-corrected chi connectivity index (χ4v) is 2.08. The average Bonchev–Trinajstić information content (AvgIpc) is 3.07. The Morgan fingerprint density at radius 1 is 1.50 bits per heavy atom. The maximum atomic E-state index is 12.1. The van der Waals surface area contributed by atoms with Crippen LogP contribution in [0.3, 0.4) is 0 Å². The Hall–Kier alpha value is -1.03. The molecule has 16 heavy (non-hydrogen) atoms. The van der Waals surface area contributed by atoms with Gasteiger partial charge in [-0.15, -0.1) is 0 Å². The zero-order valence-electron chi connectivity index (χ0n) is 9.15. The molecular weight excluding hydrogens is 228 g/mol. The van der Waals surface area contributed by atoms with Gasteiger partial charge in [-0.05, 0) is 25.7 Å². The van der Waals surface area contributed by atoms with E-state index in [0.717, 1.165) is 12.8 Å². The highest BCUT2D eigenvalue weighted by Crippen LogP contribution is 2.34. The van der Waals surface area contributed by atoms with Gasteiger partial charge in [-0.25, -0.2) is 0 Å². The molecule has 2 fully saturated rings. The number of halogens is 1. The third-order valence-electron chi connectivity index (χ3n) is 3.18. The first-order chi connectivity index (χ1) is 7.65. The van der Waals surface area contributed by atoms with Gasteiger partial charge in [0.25, 0.3) is 0 Å². The van der Waals surface area contributed by atoms with E-state index in [1.54, 1.807) is 17.9 Å². The summed E-state index contributed by atoms with van der Waals surface area (Å²) in [6.45, 7) is 2.14. The molecule has 0 spiro atoms. The molecule has 2 unspecified atom stereocenters. The lowest BCUT2D eigenvalue weighted by atomic mass is 10.0. The van der Waals surface area contributed by atoms with Crippen LogP contribution in [0.15, 0.2) is 11.6 Å². The van der Waals surface area contributed by atoms with Crippen LogP contribution in [0.25, 0.3) is 0 Å². The molecule has 1 aliphatic carbocycles. The van der Waals surface area contributed by atoms with Gasteiger partial charge in [0.2, 0.25) is 11.8 Å². The van der Waals surface area contributed by atoms with Crippen molar-refractivity contribution in [2.45, 2.75) is 31.8 Å². The molecule has 88 valence electrons. The molecule has 0 aromatic rings. The lowest BCUT2D eigenvalue weighted by Gasteiger charge is -2.36. The van der Waals surface area contributed by atoms with Crippen LogP contribution in [0.5, 0.6) is 0 Å². The highest BCUT2D eigenvalue weighted by Gasteiger charge is 2.44. The van der Waals surface area contributed by atoms with E-state index in [2.05, 4.69) is 5.32 Å². The van der Waals surface area contributed by atoms with Crippen molar-refractivity contribution in [1.29, 1.82) is 0 Å². The molecule has 4 nitrogen and oxygen atoms in total. The molecule has 1 aliphatic heterocycles. The predicted molar refractivity (Wildman–Crippen MR) is 60.8 cm³/mol. The Bertz CT molecular complexity index is 339. The first-order valence-electron chi connectivity index (χ1n) is 5.51. The summed E-state index contributed by atoms with van der Waals surface area (Å²) in [5.74, 6) is 0.287. The Kier molecular flexibility index (Phi) is 3.19. The third kappa shape index (κ3) is 2.07. The summed E-state index contributed by atoms with van der Waals surface area (Å²) >= 11 is 5.44. The van der Waals surface area contributed by atoms with Crippen molar-refractivity contribution in [3.63, 3.8) is 0 Å². The molecule has 1 heterocycles. The summed E-state index contributed by atoms with van der Waals surface area (Å²) in [4.78, 5) is 25.4. The Morgan fingerprint density at radius 2 is 2.19 bits per heavy atom. The second kappa shape index (κ2) is 4.45. The van der Waals surface area contributed by atoms with Gasteiger partial charge in [-0.2, -0.15) is 0 Å². The number of carbonyl (C=O) groups is 2. The molecule has 5 heteroatoms. The van der Waals surface area contributed by atoms with Gasteiger partial charge in [-0.3, -0.25) is 9.59 Å². The van der Waals surface area contributed by atoms with E-state index in [1.807, 2.05) is 0 Å². The van der Waals surface area contributed by atoms with E-state index in [9.17, 15) is 9.59 Å². The first kappa shape index (κ1) is 11.5. The lowest BCUT2D eigenvalue weighted by molar-refractivity contribution is -0.148. The van der Waals surface area contributed by atoms with Crippen molar-refractivity contribution >= 4 is 23.4 Å². The first-order valence-corrected chi connectivity index (χ1v) is 5.95. The molecule has 0 aromatic heterocycles. The Morgan fingerprint density at radius 3 is 2.75 bits per heavy atom. The summed E-state index contributed by atoms with van der Waals surface area (Å²) in [7, 11) is 0. The minimum atomic E-state index is -0.407. The highest BCUT2D eigenvalue weighted by molar-refractivity contribution is 6.25. The van der Waals surface area contributed by atoms with E-state index in [-0.39, 0.29) is 17.9 Å². The molecule has 2 amide bonds. The molecule has 1 saturated carbocycles. The van der Waals surface area contributed by atoms with Crippen LogP contribution >= 0.6 is 11.6 Å². The Balaban J connectivity index is 2.12. The normalized spacial score (nSPS) is 31.0. The zero-order chi connectivity index (χ0) is 11.7. The van der Waals surface area contributed by atoms with Gasteiger partial charge in [0.15, 0.2) is 0 Å². The van der Waals surface area contributed by atoms with Crippen LogP contribution in [0.4, 0.5) is 0 Å². The van der Waals surface area contributed by atoms with Crippen LogP contribution in [0.2, 0.25) is 0 Å². The molecule has 0 radical (unpaired) electrons. The zero-order valence-corrected chi connectivity index (χ0v) is 9.91. The minimum Gasteiger partial charge on any atom is -0.342 e. The van der Waals surface area contributed by atoms with Crippen LogP contribution in [-0.4, -0.2) is 35.3 Å². The predicted octanol–water partition coefficient (Wildman–Crippen LogP) is 0.864. The number of hydrogen-bond acceptors (Lipinski definition) is 2. The van der Waals surface area contributed by atoms with Crippen molar-refractivity contribution in [3.05, 3.63) is 11.6 Å². The van der Waals surface area contributed by atoms with E-state index in [0.29, 0.717) is 12.5 Å². The highest BCUT2D eigenvalue weighted by atomic mass is 35.5. The van der Waals surface area contributed by atoms with Gasteiger partial charge in [0.1, 0.15) is 12.1 Å². The summed E-state index contributed by atoms with van der Waals surface area (Å²) in [5.41, 5.74) is 1.37. The average molecular weight is 243 g/mol. The molecule has 2 rings (SSSR count). The summed E-state index contributed by atoms with van der Waals surface area (Å²) in [6, 6.07) is -0.720. The Labute approximate surface area is 99.6 Å². The van der Waals surface area contributed by atoms with Crippen LogP contribution in [0, 0.1) is 5.92 Å². The van der Waals surface area contributed by atoms with Gasteiger partial charge in [-0.1, -0.05) is 17.7 Å². The van der Waals surface area contributed by atoms with E-state index in [1.165, 1.54) is 5.54 Å². The van der Waals surface area contributed by atoms with E-state index < -0.39 is 6.04 Å². The summed E-state index contributed by atoms with van der Waals surface area (Å²) in [6.07, 6.45) is 3.74. The van der Waals surface area contributed by atoms with Gasteiger partial charge in [0, 0.05) is 12.1 Å². The number of hydrogen-bond donors (Lipinski definition) is 1. The third-order valence-corrected chi connectivity index (χ3v) is 3.36. The number of rotatable bonds is 3. The fourth-order valence-electron chi connectivity index (χ4n) is 2.00. The number of amides is 2.